The maximum atomic E-state index is 5.49. The molecule has 21 heavy (non-hydrogen) atoms. The Morgan fingerprint density at radius 3 is 2.24 bits per heavy atom. The van der Waals surface area contributed by atoms with Gasteiger partial charge in [-0.2, -0.15) is 0 Å². The van der Waals surface area contributed by atoms with Gasteiger partial charge in [0.05, 0.1) is 20.3 Å². The second-order valence-electron chi connectivity index (χ2n) is 5.30. The van der Waals surface area contributed by atoms with Gasteiger partial charge in [-0.25, -0.2) is 0 Å². The van der Waals surface area contributed by atoms with Crippen LogP contribution in [0.3, 0.4) is 0 Å². The molecule has 0 radical (unpaired) electrons. The van der Waals surface area contributed by atoms with Gasteiger partial charge in [0.15, 0.2) is 0 Å². The molecule has 2 aromatic carbocycles. The second-order valence-corrected chi connectivity index (χ2v) is 5.30. The van der Waals surface area contributed by atoms with Crippen molar-refractivity contribution in [2.24, 2.45) is 0 Å². The molecular weight excluding hydrogens is 262 g/mol. The summed E-state index contributed by atoms with van der Waals surface area (Å²) in [6, 6.07) is 12.5. The molecule has 0 aliphatic carbocycles. The summed E-state index contributed by atoms with van der Waals surface area (Å²) in [6.45, 7) is 6.24. The SMILES string of the molecule is COc1ccc(NC(C)c2ccc(C)cc2OC)cc1C. The van der Waals surface area contributed by atoms with E-state index in [-0.39, 0.29) is 6.04 Å². The van der Waals surface area contributed by atoms with Gasteiger partial charge in [0, 0.05) is 11.3 Å². The second kappa shape index (κ2) is 6.53. The van der Waals surface area contributed by atoms with Gasteiger partial charge < -0.3 is 14.8 Å². The predicted molar refractivity (Wildman–Crippen MR) is 87.5 cm³/mol. The van der Waals surface area contributed by atoms with Crippen LogP contribution in [0.4, 0.5) is 5.69 Å². The van der Waals surface area contributed by atoms with Crippen LogP contribution in [0.15, 0.2) is 36.4 Å². The normalized spacial score (nSPS) is 11.9. The van der Waals surface area contributed by atoms with Crippen LogP contribution in [-0.4, -0.2) is 14.2 Å². The van der Waals surface area contributed by atoms with Crippen molar-refractivity contribution in [1.82, 2.24) is 0 Å². The largest absolute Gasteiger partial charge is 0.496 e. The van der Waals surface area contributed by atoms with E-state index < -0.39 is 0 Å². The molecule has 0 heterocycles. The van der Waals surface area contributed by atoms with Crippen molar-refractivity contribution < 1.29 is 9.47 Å². The first kappa shape index (κ1) is 15.2. The van der Waals surface area contributed by atoms with Gasteiger partial charge in [0.2, 0.25) is 0 Å². The third-order valence-corrected chi connectivity index (χ3v) is 3.63. The van der Waals surface area contributed by atoms with Crippen LogP contribution in [0.2, 0.25) is 0 Å². The number of benzene rings is 2. The van der Waals surface area contributed by atoms with Gasteiger partial charge in [-0.1, -0.05) is 12.1 Å². The summed E-state index contributed by atoms with van der Waals surface area (Å²) in [7, 11) is 3.40. The zero-order valence-electron chi connectivity index (χ0n) is 13.4. The molecule has 1 unspecified atom stereocenters. The summed E-state index contributed by atoms with van der Waals surface area (Å²) in [5.41, 5.74) is 4.54. The molecular formula is C18H23NO2. The number of ether oxygens (including phenoxy) is 2. The lowest BCUT2D eigenvalue weighted by atomic mass is 10.0. The Kier molecular flexibility index (Phi) is 4.73. The molecule has 0 aliphatic rings. The molecule has 0 aromatic heterocycles. The highest BCUT2D eigenvalue weighted by Crippen LogP contribution is 2.30. The van der Waals surface area contributed by atoms with E-state index in [2.05, 4.69) is 43.4 Å². The first-order valence-corrected chi connectivity index (χ1v) is 7.11. The Hall–Kier alpha value is -2.16. The third-order valence-electron chi connectivity index (χ3n) is 3.63. The van der Waals surface area contributed by atoms with E-state index in [9.17, 15) is 0 Å². The molecule has 0 aliphatic heterocycles. The number of rotatable bonds is 5. The van der Waals surface area contributed by atoms with E-state index in [1.54, 1.807) is 14.2 Å². The fourth-order valence-corrected chi connectivity index (χ4v) is 2.47. The van der Waals surface area contributed by atoms with E-state index in [1.807, 2.05) is 19.1 Å². The summed E-state index contributed by atoms with van der Waals surface area (Å²) in [5.74, 6) is 1.82. The maximum absolute atomic E-state index is 5.49. The van der Waals surface area contributed by atoms with Crippen LogP contribution in [0.25, 0.3) is 0 Å². The first-order chi connectivity index (χ1) is 10.0. The number of nitrogens with one attached hydrogen (secondary N) is 1. The lowest BCUT2D eigenvalue weighted by Gasteiger charge is -2.19. The van der Waals surface area contributed by atoms with Crippen molar-refractivity contribution in [3.63, 3.8) is 0 Å². The molecule has 112 valence electrons. The molecule has 0 spiro atoms. The molecule has 0 amide bonds. The average molecular weight is 285 g/mol. The highest BCUT2D eigenvalue weighted by atomic mass is 16.5. The average Bonchev–Trinajstić information content (AvgIpc) is 2.47. The van der Waals surface area contributed by atoms with E-state index in [1.165, 1.54) is 5.56 Å². The molecule has 0 saturated carbocycles. The smallest absolute Gasteiger partial charge is 0.124 e. The van der Waals surface area contributed by atoms with Gasteiger partial charge >= 0.3 is 0 Å². The number of hydrogen-bond acceptors (Lipinski definition) is 3. The van der Waals surface area contributed by atoms with Crippen LogP contribution in [-0.2, 0) is 0 Å². The number of hydrogen-bond donors (Lipinski definition) is 1. The highest BCUT2D eigenvalue weighted by molar-refractivity contribution is 5.53. The fraction of sp³-hybridized carbons (Fsp3) is 0.333. The van der Waals surface area contributed by atoms with Crippen LogP contribution >= 0.6 is 0 Å². The molecule has 0 saturated heterocycles. The van der Waals surface area contributed by atoms with E-state index >= 15 is 0 Å². The molecule has 0 bridgehead atoms. The topological polar surface area (TPSA) is 30.5 Å². The molecule has 2 aromatic rings. The fourth-order valence-electron chi connectivity index (χ4n) is 2.47. The Morgan fingerprint density at radius 1 is 0.905 bits per heavy atom. The maximum Gasteiger partial charge on any atom is 0.124 e. The monoisotopic (exact) mass is 285 g/mol. The summed E-state index contributed by atoms with van der Waals surface area (Å²) in [6.07, 6.45) is 0. The van der Waals surface area contributed by atoms with Crippen molar-refractivity contribution in [2.75, 3.05) is 19.5 Å². The van der Waals surface area contributed by atoms with Crippen molar-refractivity contribution in [3.8, 4) is 11.5 Å². The van der Waals surface area contributed by atoms with Gasteiger partial charge in [0.1, 0.15) is 11.5 Å². The van der Waals surface area contributed by atoms with Crippen molar-refractivity contribution in [3.05, 3.63) is 53.1 Å². The number of methoxy groups -OCH3 is 2. The van der Waals surface area contributed by atoms with Crippen molar-refractivity contribution in [1.29, 1.82) is 0 Å². The molecule has 3 nitrogen and oxygen atoms in total. The summed E-state index contributed by atoms with van der Waals surface area (Å²) >= 11 is 0. The molecule has 3 heteroatoms. The van der Waals surface area contributed by atoms with Gasteiger partial charge in [-0.3, -0.25) is 0 Å². The van der Waals surface area contributed by atoms with Crippen molar-refractivity contribution >= 4 is 5.69 Å². The van der Waals surface area contributed by atoms with Crippen LogP contribution in [0.1, 0.15) is 29.7 Å². The highest BCUT2D eigenvalue weighted by Gasteiger charge is 2.12. The minimum absolute atomic E-state index is 0.161. The summed E-state index contributed by atoms with van der Waals surface area (Å²) < 4.78 is 10.8. The molecule has 0 fully saturated rings. The van der Waals surface area contributed by atoms with E-state index in [0.717, 1.165) is 28.3 Å². The Balaban J connectivity index is 2.21. The number of aryl methyl sites for hydroxylation is 2. The summed E-state index contributed by atoms with van der Waals surface area (Å²) in [5, 5.41) is 3.51. The zero-order chi connectivity index (χ0) is 15.4. The molecule has 2 rings (SSSR count). The van der Waals surface area contributed by atoms with Gasteiger partial charge in [-0.05, 0) is 56.2 Å². The Bertz CT molecular complexity index is 623. The van der Waals surface area contributed by atoms with Crippen LogP contribution in [0, 0.1) is 13.8 Å². The summed E-state index contributed by atoms with van der Waals surface area (Å²) in [4.78, 5) is 0. The van der Waals surface area contributed by atoms with E-state index in [0.29, 0.717) is 0 Å². The first-order valence-electron chi connectivity index (χ1n) is 7.11. The number of anilines is 1. The van der Waals surface area contributed by atoms with Gasteiger partial charge in [0.25, 0.3) is 0 Å². The molecule has 1 N–H and O–H groups in total. The van der Waals surface area contributed by atoms with Crippen LogP contribution < -0.4 is 14.8 Å². The lowest BCUT2D eigenvalue weighted by Crippen LogP contribution is -2.08. The van der Waals surface area contributed by atoms with Crippen molar-refractivity contribution in [2.45, 2.75) is 26.8 Å². The third kappa shape index (κ3) is 3.48. The predicted octanol–water partition coefficient (Wildman–Crippen LogP) is 4.49. The minimum Gasteiger partial charge on any atom is -0.496 e. The van der Waals surface area contributed by atoms with Gasteiger partial charge in [-0.15, -0.1) is 0 Å². The Morgan fingerprint density at radius 2 is 1.62 bits per heavy atom. The quantitative estimate of drug-likeness (QED) is 0.877. The van der Waals surface area contributed by atoms with Crippen LogP contribution in [0.5, 0.6) is 11.5 Å². The molecule has 1 atom stereocenters. The standard InChI is InChI=1S/C18H23NO2/c1-12-6-8-16(18(10-12)21-5)14(3)19-15-7-9-17(20-4)13(2)11-15/h6-11,14,19H,1-5H3. The Labute approximate surface area is 126 Å². The zero-order valence-corrected chi connectivity index (χ0v) is 13.4. The lowest BCUT2D eigenvalue weighted by molar-refractivity contribution is 0.407. The van der Waals surface area contributed by atoms with E-state index in [4.69, 9.17) is 9.47 Å². The minimum atomic E-state index is 0.161.